The minimum Gasteiger partial charge on any atom is -0.477 e. The van der Waals surface area contributed by atoms with Gasteiger partial charge < -0.3 is 10.1 Å². The Hall–Kier alpha value is -1.30. The summed E-state index contributed by atoms with van der Waals surface area (Å²) in [6, 6.07) is 0.986. The molecular weight excluding hydrogens is 228 g/mol. The van der Waals surface area contributed by atoms with Crippen molar-refractivity contribution in [1.82, 2.24) is 9.97 Å². The van der Waals surface area contributed by atoms with Crippen molar-refractivity contribution in [3.8, 4) is 0 Å². The molecule has 2 N–H and O–H groups in total. The van der Waals surface area contributed by atoms with Gasteiger partial charge in [-0.15, -0.1) is 0 Å². The van der Waals surface area contributed by atoms with E-state index >= 15 is 0 Å². The Morgan fingerprint density at radius 3 is 2.94 bits per heavy atom. The topological polar surface area (TPSA) is 83.0 Å². The van der Waals surface area contributed by atoms with Gasteiger partial charge in [0.1, 0.15) is 5.82 Å². The largest absolute Gasteiger partial charge is 0.477 e. The fourth-order valence-corrected chi connectivity index (χ4v) is 1.84. The standard InChI is InChI=1S/C10H14N2O3S/c1-3-6(2)16-5-8-11-7(10(14)15)4-9(13)12-8/h4,6H,3,5H2,1-2H3,(H,14,15)(H,11,12,13). The maximum absolute atomic E-state index is 11.2. The first-order chi connectivity index (χ1) is 7.52. The van der Waals surface area contributed by atoms with Gasteiger partial charge in [0.2, 0.25) is 0 Å². The van der Waals surface area contributed by atoms with Crippen molar-refractivity contribution in [2.75, 3.05) is 0 Å². The zero-order valence-electron chi connectivity index (χ0n) is 9.19. The smallest absolute Gasteiger partial charge is 0.354 e. The van der Waals surface area contributed by atoms with Crippen LogP contribution in [0.4, 0.5) is 0 Å². The number of aromatic nitrogens is 2. The van der Waals surface area contributed by atoms with Crippen LogP contribution in [0, 0.1) is 0 Å². The van der Waals surface area contributed by atoms with Crippen LogP contribution in [-0.4, -0.2) is 26.3 Å². The van der Waals surface area contributed by atoms with Crippen molar-refractivity contribution in [3.63, 3.8) is 0 Å². The first kappa shape index (κ1) is 12.8. The molecule has 0 radical (unpaired) electrons. The van der Waals surface area contributed by atoms with E-state index in [1.807, 2.05) is 0 Å². The predicted octanol–water partition coefficient (Wildman–Crippen LogP) is 1.50. The van der Waals surface area contributed by atoms with Crippen LogP contribution in [0.5, 0.6) is 0 Å². The fraction of sp³-hybridized carbons (Fsp3) is 0.500. The van der Waals surface area contributed by atoms with Crippen molar-refractivity contribution in [3.05, 3.63) is 27.9 Å². The minimum absolute atomic E-state index is 0.205. The number of carboxylic acid groups (broad SMARTS) is 1. The number of hydrogen-bond acceptors (Lipinski definition) is 4. The number of hydrogen-bond donors (Lipinski definition) is 2. The van der Waals surface area contributed by atoms with E-state index in [1.54, 1.807) is 11.8 Å². The molecule has 0 aliphatic rings. The Morgan fingerprint density at radius 1 is 1.69 bits per heavy atom. The van der Waals surface area contributed by atoms with E-state index in [0.717, 1.165) is 12.5 Å². The zero-order valence-corrected chi connectivity index (χ0v) is 10.0. The van der Waals surface area contributed by atoms with Gasteiger partial charge in [-0.05, 0) is 6.42 Å². The molecule has 16 heavy (non-hydrogen) atoms. The molecule has 1 atom stereocenters. The molecule has 1 aromatic heterocycles. The molecule has 1 aromatic rings. The molecule has 0 aliphatic carbocycles. The quantitative estimate of drug-likeness (QED) is 0.817. The number of H-pyrrole nitrogens is 1. The summed E-state index contributed by atoms with van der Waals surface area (Å²) in [4.78, 5) is 28.2. The number of rotatable bonds is 5. The molecule has 88 valence electrons. The summed E-state index contributed by atoms with van der Waals surface area (Å²) in [5, 5.41) is 9.19. The van der Waals surface area contributed by atoms with Gasteiger partial charge in [-0.3, -0.25) is 4.79 Å². The molecule has 0 saturated heterocycles. The van der Waals surface area contributed by atoms with Gasteiger partial charge in [0.15, 0.2) is 5.69 Å². The summed E-state index contributed by atoms with van der Waals surface area (Å²) in [6.07, 6.45) is 1.02. The van der Waals surface area contributed by atoms with E-state index in [9.17, 15) is 9.59 Å². The van der Waals surface area contributed by atoms with Gasteiger partial charge >= 0.3 is 5.97 Å². The van der Waals surface area contributed by atoms with Gasteiger partial charge in [-0.2, -0.15) is 11.8 Å². The molecular formula is C10H14N2O3S. The molecule has 0 bridgehead atoms. The summed E-state index contributed by atoms with van der Waals surface area (Å²) in [5.74, 6) is -0.248. The monoisotopic (exact) mass is 242 g/mol. The van der Waals surface area contributed by atoms with Crippen LogP contribution in [0.2, 0.25) is 0 Å². The van der Waals surface area contributed by atoms with Crippen LogP contribution in [-0.2, 0) is 5.75 Å². The van der Waals surface area contributed by atoms with E-state index in [-0.39, 0.29) is 5.69 Å². The highest BCUT2D eigenvalue weighted by molar-refractivity contribution is 7.99. The Bertz CT molecular complexity index is 430. The third-order valence-corrected chi connectivity index (χ3v) is 3.43. The lowest BCUT2D eigenvalue weighted by Crippen LogP contribution is -2.15. The lowest BCUT2D eigenvalue weighted by atomic mass is 10.4. The molecule has 0 spiro atoms. The molecule has 1 heterocycles. The van der Waals surface area contributed by atoms with Crippen molar-refractivity contribution >= 4 is 17.7 Å². The predicted molar refractivity (Wildman–Crippen MR) is 62.9 cm³/mol. The Kier molecular flexibility index (Phi) is 4.54. The highest BCUT2D eigenvalue weighted by Crippen LogP contribution is 2.17. The molecule has 0 saturated carbocycles. The molecule has 1 rings (SSSR count). The molecule has 0 fully saturated rings. The third kappa shape index (κ3) is 3.69. The zero-order chi connectivity index (χ0) is 12.1. The van der Waals surface area contributed by atoms with E-state index in [2.05, 4.69) is 23.8 Å². The van der Waals surface area contributed by atoms with E-state index in [4.69, 9.17) is 5.11 Å². The van der Waals surface area contributed by atoms with Gasteiger partial charge in [-0.1, -0.05) is 13.8 Å². The number of carboxylic acids is 1. The second-order valence-electron chi connectivity index (χ2n) is 3.41. The number of carbonyl (C=O) groups is 1. The summed E-state index contributed by atoms with van der Waals surface area (Å²) < 4.78 is 0. The van der Waals surface area contributed by atoms with E-state index in [1.165, 1.54) is 0 Å². The average molecular weight is 242 g/mol. The average Bonchev–Trinajstić information content (AvgIpc) is 2.25. The molecule has 1 unspecified atom stereocenters. The lowest BCUT2D eigenvalue weighted by molar-refractivity contribution is 0.0689. The van der Waals surface area contributed by atoms with Crippen LogP contribution >= 0.6 is 11.8 Å². The maximum atomic E-state index is 11.2. The van der Waals surface area contributed by atoms with Gasteiger partial charge in [0, 0.05) is 11.3 Å². The number of nitrogens with zero attached hydrogens (tertiary/aromatic N) is 1. The SMILES string of the molecule is CCC(C)SCc1nc(C(=O)O)cc(=O)[nH]1. The summed E-state index contributed by atoms with van der Waals surface area (Å²) in [6.45, 7) is 4.14. The van der Waals surface area contributed by atoms with Crippen LogP contribution in [0.3, 0.4) is 0 Å². The van der Waals surface area contributed by atoms with E-state index < -0.39 is 11.5 Å². The molecule has 0 aliphatic heterocycles. The molecule has 6 heteroatoms. The minimum atomic E-state index is -1.18. The van der Waals surface area contributed by atoms with Gasteiger partial charge in [0.05, 0.1) is 5.75 Å². The highest BCUT2D eigenvalue weighted by atomic mass is 32.2. The van der Waals surface area contributed by atoms with Crippen LogP contribution < -0.4 is 5.56 Å². The number of thioether (sulfide) groups is 1. The Morgan fingerprint density at radius 2 is 2.38 bits per heavy atom. The highest BCUT2D eigenvalue weighted by Gasteiger charge is 2.09. The van der Waals surface area contributed by atoms with Gasteiger partial charge in [-0.25, -0.2) is 9.78 Å². The fourth-order valence-electron chi connectivity index (χ4n) is 1.03. The van der Waals surface area contributed by atoms with Crippen molar-refractivity contribution in [2.45, 2.75) is 31.3 Å². The van der Waals surface area contributed by atoms with Crippen molar-refractivity contribution in [1.29, 1.82) is 0 Å². The number of nitrogens with one attached hydrogen (secondary N) is 1. The van der Waals surface area contributed by atoms with Crippen molar-refractivity contribution < 1.29 is 9.90 Å². The van der Waals surface area contributed by atoms with E-state index in [0.29, 0.717) is 16.8 Å². The second kappa shape index (κ2) is 5.69. The van der Waals surface area contributed by atoms with Crippen LogP contribution in [0.25, 0.3) is 0 Å². The molecule has 0 amide bonds. The third-order valence-electron chi connectivity index (χ3n) is 2.09. The number of aromatic amines is 1. The first-order valence-corrected chi connectivity index (χ1v) is 6.03. The normalized spacial score (nSPS) is 12.4. The lowest BCUT2D eigenvalue weighted by Gasteiger charge is -2.07. The Balaban J connectivity index is 2.81. The Labute approximate surface area is 97.3 Å². The second-order valence-corrected chi connectivity index (χ2v) is 4.84. The summed E-state index contributed by atoms with van der Waals surface area (Å²) >= 11 is 1.63. The first-order valence-electron chi connectivity index (χ1n) is 4.98. The van der Waals surface area contributed by atoms with Gasteiger partial charge in [0.25, 0.3) is 5.56 Å². The summed E-state index contributed by atoms with van der Waals surface area (Å²) in [5.41, 5.74) is -0.629. The summed E-state index contributed by atoms with van der Waals surface area (Å²) in [7, 11) is 0. The molecule has 5 nitrogen and oxygen atoms in total. The van der Waals surface area contributed by atoms with Crippen LogP contribution in [0.15, 0.2) is 10.9 Å². The number of aromatic carboxylic acids is 1. The van der Waals surface area contributed by atoms with Crippen LogP contribution in [0.1, 0.15) is 36.6 Å². The maximum Gasteiger partial charge on any atom is 0.354 e. The molecule has 0 aromatic carbocycles. The van der Waals surface area contributed by atoms with Crippen molar-refractivity contribution in [2.24, 2.45) is 0 Å².